The number of hydrogen-bond acceptors (Lipinski definition) is 6. The van der Waals surface area contributed by atoms with Gasteiger partial charge in [-0.1, -0.05) is 5.16 Å². The molecule has 1 aromatic heterocycles. The number of ether oxygens (including phenoxy) is 1. The van der Waals surface area contributed by atoms with Crippen molar-refractivity contribution in [2.45, 2.75) is 6.61 Å². The zero-order valence-corrected chi connectivity index (χ0v) is 10.6. The number of carbonyl (C=O) groups is 2. The Kier molecular flexibility index (Phi) is 4.14. The maximum atomic E-state index is 13.5. The number of hydrogen-bond donors (Lipinski definition) is 3. The Balaban J connectivity index is 2.03. The molecule has 8 nitrogen and oxygen atoms in total. The summed E-state index contributed by atoms with van der Waals surface area (Å²) < 4.78 is 23.6. The molecule has 0 unspecified atom stereocenters. The van der Waals surface area contributed by atoms with Crippen LogP contribution in [0.15, 0.2) is 28.8 Å². The van der Waals surface area contributed by atoms with Crippen LogP contribution in [-0.4, -0.2) is 17.0 Å². The maximum Gasteiger partial charge on any atom is 0.287 e. The van der Waals surface area contributed by atoms with Crippen LogP contribution in [0.25, 0.3) is 0 Å². The number of amides is 2. The summed E-state index contributed by atoms with van der Waals surface area (Å²) in [5.74, 6) is 3.08. The van der Waals surface area contributed by atoms with Crippen LogP contribution in [0.3, 0.4) is 0 Å². The molecule has 0 aliphatic rings. The van der Waals surface area contributed by atoms with Crippen molar-refractivity contribution in [1.29, 1.82) is 0 Å². The molecule has 1 heterocycles. The van der Waals surface area contributed by atoms with Gasteiger partial charge in [0.25, 0.3) is 11.8 Å². The van der Waals surface area contributed by atoms with Crippen molar-refractivity contribution >= 4 is 11.8 Å². The molecule has 21 heavy (non-hydrogen) atoms. The summed E-state index contributed by atoms with van der Waals surface area (Å²) in [5.41, 5.74) is 6.64. The predicted octanol–water partition coefficient (Wildman–Crippen LogP) is 0.0951. The average molecular weight is 294 g/mol. The summed E-state index contributed by atoms with van der Waals surface area (Å²) in [6.45, 7) is -0.0831. The maximum absolute atomic E-state index is 13.5. The van der Waals surface area contributed by atoms with E-state index in [9.17, 15) is 14.0 Å². The third-order valence-corrected chi connectivity index (χ3v) is 2.51. The van der Waals surface area contributed by atoms with E-state index in [4.69, 9.17) is 20.8 Å². The minimum atomic E-state index is -0.869. The number of nitrogens with one attached hydrogen (secondary N) is 1. The fourth-order valence-corrected chi connectivity index (χ4v) is 1.50. The number of nitrogens with two attached hydrogens (primary N) is 2. The second-order valence-electron chi connectivity index (χ2n) is 3.95. The lowest BCUT2D eigenvalue weighted by Crippen LogP contribution is -2.30. The second-order valence-corrected chi connectivity index (χ2v) is 3.95. The molecule has 5 N–H and O–H groups in total. The molecule has 0 saturated carbocycles. The van der Waals surface area contributed by atoms with E-state index < -0.39 is 17.6 Å². The molecule has 0 radical (unpaired) electrons. The second kappa shape index (κ2) is 6.01. The molecule has 0 bridgehead atoms. The molecule has 2 rings (SSSR count). The zero-order valence-electron chi connectivity index (χ0n) is 10.6. The molecular weight excluding hydrogens is 283 g/mol. The molecule has 2 amide bonds. The van der Waals surface area contributed by atoms with Crippen molar-refractivity contribution in [1.82, 2.24) is 10.6 Å². The van der Waals surface area contributed by atoms with Gasteiger partial charge >= 0.3 is 0 Å². The number of halogens is 1. The van der Waals surface area contributed by atoms with E-state index in [2.05, 4.69) is 5.16 Å². The number of nitrogens with zero attached hydrogens (tertiary/aromatic N) is 1. The van der Waals surface area contributed by atoms with Crippen LogP contribution in [0, 0.1) is 5.82 Å². The lowest BCUT2D eigenvalue weighted by atomic mass is 10.2. The molecule has 9 heteroatoms. The largest absolute Gasteiger partial charge is 0.485 e. The van der Waals surface area contributed by atoms with Crippen molar-refractivity contribution < 1.29 is 23.2 Å². The molecule has 0 saturated heterocycles. The predicted molar refractivity (Wildman–Crippen MR) is 67.4 cm³/mol. The van der Waals surface area contributed by atoms with E-state index in [0.717, 1.165) is 6.07 Å². The molecule has 0 aliphatic carbocycles. The molecule has 110 valence electrons. The van der Waals surface area contributed by atoms with Crippen molar-refractivity contribution in [3.8, 4) is 5.75 Å². The van der Waals surface area contributed by atoms with Crippen LogP contribution in [0.5, 0.6) is 5.75 Å². The van der Waals surface area contributed by atoms with E-state index in [1.807, 2.05) is 5.43 Å². The van der Waals surface area contributed by atoms with Crippen LogP contribution in [0.4, 0.5) is 4.39 Å². The summed E-state index contributed by atoms with van der Waals surface area (Å²) in [7, 11) is 0. The zero-order chi connectivity index (χ0) is 15.4. The highest BCUT2D eigenvalue weighted by Gasteiger charge is 2.13. The highest BCUT2D eigenvalue weighted by molar-refractivity contribution is 5.93. The summed E-state index contributed by atoms with van der Waals surface area (Å²) in [6, 6.07) is 4.94. The fourth-order valence-electron chi connectivity index (χ4n) is 1.50. The first kappa shape index (κ1) is 14.5. The lowest BCUT2D eigenvalue weighted by Gasteiger charge is -2.05. The molecule has 0 aliphatic heterocycles. The monoisotopic (exact) mass is 294 g/mol. The standard InChI is InChI=1S/C12H11FN4O4/c13-9-3-6(1-2-8(9)11(14)18)20-5-7-4-10(17-21-7)12(19)16-15/h1-4H,5,15H2,(H2,14,18)(H,16,19). The topological polar surface area (TPSA) is 133 Å². The highest BCUT2D eigenvalue weighted by Crippen LogP contribution is 2.18. The normalized spacial score (nSPS) is 10.2. The summed E-state index contributed by atoms with van der Waals surface area (Å²) >= 11 is 0. The first-order chi connectivity index (χ1) is 10.0. The first-order valence-corrected chi connectivity index (χ1v) is 5.70. The van der Waals surface area contributed by atoms with E-state index in [1.54, 1.807) is 0 Å². The van der Waals surface area contributed by atoms with E-state index in [-0.39, 0.29) is 29.4 Å². The quantitative estimate of drug-likeness (QED) is 0.406. The van der Waals surface area contributed by atoms with Gasteiger partial charge in [-0.05, 0) is 12.1 Å². The summed E-state index contributed by atoms with van der Waals surface area (Å²) in [6.07, 6.45) is 0. The Labute approximate surface area is 117 Å². The number of rotatable bonds is 5. The molecule has 0 spiro atoms. The minimum absolute atomic E-state index is 0.00800. The Morgan fingerprint density at radius 3 is 2.76 bits per heavy atom. The number of hydrazine groups is 1. The SMILES string of the molecule is NNC(=O)c1cc(COc2ccc(C(N)=O)c(F)c2)on1. The minimum Gasteiger partial charge on any atom is -0.485 e. The smallest absolute Gasteiger partial charge is 0.287 e. The van der Waals surface area contributed by atoms with Gasteiger partial charge < -0.3 is 15.0 Å². The first-order valence-electron chi connectivity index (χ1n) is 5.70. The Morgan fingerprint density at radius 1 is 1.38 bits per heavy atom. The van der Waals surface area contributed by atoms with Crippen molar-refractivity contribution in [3.05, 3.63) is 47.1 Å². The molecule has 0 atom stereocenters. The van der Waals surface area contributed by atoms with E-state index >= 15 is 0 Å². The Hall–Kier alpha value is -2.94. The van der Waals surface area contributed by atoms with Crippen LogP contribution in [0.2, 0.25) is 0 Å². The van der Waals surface area contributed by atoms with Crippen molar-refractivity contribution in [3.63, 3.8) is 0 Å². The molecule has 2 aromatic rings. The molecule has 0 fully saturated rings. The van der Waals surface area contributed by atoms with Crippen molar-refractivity contribution in [2.24, 2.45) is 11.6 Å². The lowest BCUT2D eigenvalue weighted by molar-refractivity contribution is 0.0943. The third-order valence-electron chi connectivity index (χ3n) is 2.51. The number of carbonyl (C=O) groups excluding carboxylic acids is 2. The fraction of sp³-hybridized carbons (Fsp3) is 0.0833. The van der Waals surface area contributed by atoms with Crippen LogP contribution in [0.1, 0.15) is 26.6 Å². The van der Waals surface area contributed by atoms with Gasteiger partial charge in [0.05, 0.1) is 5.56 Å². The van der Waals surface area contributed by atoms with E-state index in [1.165, 1.54) is 18.2 Å². The van der Waals surface area contributed by atoms with Gasteiger partial charge in [0.2, 0.25) is 0 Å². The van der Waals surface area contributed by atoms with Crippen LogP contribution in [-0.2, 0) is 6.61 Å². The Bertz CT molecular complexity index is 686. The van der Waals surface area contributed by atoms with Gasteiger partial charge in [0.1, 0.15) is 18.2 Å². The van der Waals surface area contributed by atoms with Gasteiger partial charge in [-0.2, -0.15) is 0 Å². The van der Waals surface area contributed by atoms with Gasteiger partial charge in [-0.15, -0.1) is 0 Å². The third kappa shape index (κ3) is 3.34. The van der Waals surface area contributed by atoms with Gasteiger partial charge in [-0.3, -0.25) is 15.0 Å². The molecule has 1 aromatic carbocycles. The highest BCUT2D eigenvalue weighted by atomic mass is 19.1. The van der Waals surface area contributed by atoms with Crippen molar-refractivity contribution in [2.75, 3.05) is 0 Å². The van der Waals surface area contributed by atoms with Gasteiger partial charge in [0, 0.05) is 12.1 Å². The number of aromatic nitrogens is 1. The number of benzene rings is 1. The van der Waals surface area contributed by atoms with Crippen LogP contribution >= 0.6 is 0 Å². The van der Waals surface area contributed by atoms with Gasteiger partial charge in [0.15, 0.2) is 11.5 Å². The van der Waals surface area contributed by atoms with Crippen LogP contribution < -0.4 is 21.7 Å². The summed E-state index contributed by atoms with van der Waals surface area (Å²) in [4.78, 5) is 22.0. The number of nitrogen functional groups attached to an aromatic ring is 1. The number of primary amides is 1. The van der Waals surface area contributed by atoms with Gasteiger partial charge in [-0.25, -0.2) is 10.2 Å². The summed E-state index contributed by atoms with van der Waals surface area (Å²) in [5, 5.41) is 3.47. The Morgan fingerprint density at radius 2 is 2.14 bits per heavy atom. The average Bonchev–Trinajstić information content (AvgIpc) is 2.92. The van der Waals surface area contributed by atoms with E-state index in [0.29, 0.717) is 0 Å². The molecular formula is C12H11FN4O4.